The molecule has 1 rings (SSSR count). The van der Waals surface area contributed by atoms with Crippen LogP contribution in [0.2, 0.25) is 0 Å². The molecule has 0 saturated carbocycles. The van der Waals surface area contributed by atoms with Crippen LogP contribution in [0.25, 0.3) is 0 Å². The second kappa shape index (κ2) is 9.56. The summed E-state index contributed by atoms with van der Waals surface area (Å²) in [5.74, 6) is -1.70. The highest BCUT2D eigenvalue weighted by atomic mass is 79.9. The van der Waals surface area contributed by atoms with Crippen LogP contribution in [0.1, 0.15) is 33.1 Å². The highest BCUT2D eigenvalue weighted by Crippen LogP contribution is 2.32. The van der Waals surface area contributed by atoms with Crippen molar-refractivity contribution in [2.45, 2.75) is 50.4 Å². The van der Waals surface area contributed by atoms with Crippen molar-refractivity contribution in [3.05, 3.63) is 22.7 Å². The van der Waals surface area contributed by atoms with Crippen LogP contribution in [0.5, 0.6) is 5.75 Å². The number of alkyl halides is 3. The molecule has 6 nitrogen and oxygen atoms in total. The van der Waals surface area contributed by atoms with E-state index in [1.54, 1.807) is 6.92 Å². The smallest absolute Gasteiger partial charge is 0.465 e. The molecule has 0 aliphatic carbocycles. The van der Waals surface area contributed by atoms with E-state index in [9.17, 15) is 26.4 Å². The number of sulfonamides is 1. The molecule has 0 bridgehead atoms. The zero-order valence-electron chi connectivity index (χ0n) is 14.1. The number of esters is 1. The lowest BCUT2D eigenvalue weighted by atomic mass is 10.1. The van der Waals surface area contributed by atoms with E-state index in [1.807, 2.05) is 6.92 Å². The van der Waals surface area contributed by atoms with Crippen molar-refractivity contribution < 1.29 is 35.9 Å². The van der Waals surface area contributed by atoms with Gasteiger partial charge in [-0.1, -0.05) is 35.7 Å². The lowest BCUT2D eigenvalue weighted by Crippen LogP contribution is -2.42. The third-order valence-corrected chi connectivity index (χ3v) is 5.14. The van der Waals surface area contributed by atoms with Crippen molar-refractivity contribution in [3.63, 3.8) is 0 Å². The predicted molar refractivity (Wildman–Crippen MR) is 91.1 cm³/mol. The Hall–Kier alpha value is -1.33. The Bertz CT molecular complexity index is 724. The number of hydrogen-bond acceptors (Lipinski definition) is 5. The molecule has 1 aromatic rings. The van der Waals surface area contributed by atoms with Gasteiger partial charge in [-0.3, -0.25) is 4.79 Å². The Morgan fingerprint density at radius 3 is 2.50 bits per heavy atom. The first-order valence-electron chi connectivity index (χ1n) is 7.74. The van der Waals surface area contributed by atoms with Gasteiger partial charge in [0.2, 0.25) is 10.0 Å². The van der Waals surface area contributed by atoms with Gasteiger partial charge in [0.25, 0.3) is 0 Å². The van der Waals surface area contributed by atoms with Crippen LogP contribution in [-0.4, -0.2) is 33.4 Å². The molecule has 0 spiro atoms. The van der Waals surface area contributed by atoms with E-state index < -0.39 is 39.0 Å². The molecule has 0 amide bonds. The number of hydrogen-bond donors (Lipinski definition) is 1. The highest BCUT2D eigenvalue weighted by Gasteiger charge is 2.35. The minimum atomic E-state index is -5.08. The average molecular weight is 462 g/mol. The maximum absolute atomic E-state index is 12.6. The lowest BCUT2D eigenvalue weighted by molar-refractivity contribution is -0.275. The summed E-state index contributed by atoms with van der Waals surface area (Å²) in [6.45, 7) is 3.46. The molecule has 26 heavy (non-hydrogen) atoms. The number of carbonyl (C=O) groups is 1. The fraction of sp³-hybridized carbons (Fsp3) is 0.533. The number of ether oxygens (including phenoxy) is 2. The summed E-state index contributed by atoms with van der Waals surface area (Å²) >= 11 is 2.96. The quantitative estimate of drug-likeness (QED) is 0.566. The van der Waals surface area contributed by atoms with E-state index in [2.05, 4.69) is 25.4 Å². The van der Waals surface area contributed by atoms with Gasteiger partial charge in [0.15, 0.2) is 5.75 Å². The van der Waals surface area contributed by atoms with Gasteiger partial charge in [0, 0.05) is 4.47 Å². The maximum atomic E-state index is 12.6. The first kappa shape index (κ1) is 22.7. The summed E-state index contributed by atoms with van der Waals surface area (Å²) in [6.07, 6.45) is -3.70. The monoisotopic (exact) mass is 461 g/mol. The van der Waals surface area contributed by atoms with Crippen molar-refractivity contribution in [2.75, 3.05) is 6.61 Å². The molecule has 1 N–H and O–H groups in total. The first-order valence-corrected chi connectivity index (χ1v) is 10.0. The molecular formula is C15H19BrF3NO5S. The van der Waals surface area contributed by atoms with E-state index in [0.29, 0.717) is 12.8 Å². The zero-order chi connectivity index (χ0) is 20.0. The number of carbonyl (C=O) groups excluding carboxylic acids is 1. The second-order valence-electron chi connectivity index (χ2n) is 5.21. The SMILES string of the molecule is CCCCC(NS(=O)(=O)c1ccc(Br)cc1OC(F)(F)F)C(=O)OCC. The van der Waals surface area contributed by atoms with Gasteiger partial charge < -0.3 is 9.47 Å². The van der Waals surface area contributed by atoms with E-state index in [1.165, 1.54) is 6.07 Å². The fourth-order valence-corrected chi connectivity index (χ4v) is 3.70. The number of rotatable bonds is 9. The Morgan fingerprint density at radius 1 is 1.31 bits per heavy atom. The molecule has 1 atom stereocenters. The van der Waals surface area contributed by atoms with Crippen LogP contribution in [0.4, 0.5) is 13.2 Å². The van der Waals surface area contributed by atoms with Gasteiger partial charge >= 0.3 is 12.3 Å². The maximum Gasteiger partial charge on any atom is 0.573 e. The summed E-state index contributed by atoms with van der Waals surface area (Å²) in [5.41, 5.74) is 0. The summed E-state index contributed by atoms with van der Waals surface area (Å²) in [5, 5.41) is 0. The molecule has 0 radical (unpaired) electrons. The topological polar surface area (TPSA) is 81.7 Å². The molecule has 0 saturated heterocycles. The summed E-state index contributed by atoms with van der Waals surface area (Å²) < 4.78 is 73.8. The van der Waals surface area contributed by atoms with Crippen LogP contribution in [-0.2, 0) is 19.6 Å². The van der Waals surface area contributed by atoms with Gasteiger partial charge in [-0.2, -0.15) is 4.72 Å². The molecule has 148 valence electrons. The lowest BCUT2D eigenvalue weighted by Gasteiger charge is -2.19. The first-order chi connectivity index (χ1) is 12.0. The zero-order valence-corrected chi connectivity index (χ0v) is 16.5. The van der Waals surface area contributed by atoms with E-state index in [4.69, 9.17) is 4.74 Å². The number of halogens is 4. The minimum absolute atomic E-state index is 0.0455. The van der Waals surface area contributed by atoms with Crippen molar-refractivity contribution in [3.8, 4) is 5.75 Å². The molecule has 0 aromatic heterocycles. The van der Waals surface area contributed by atoms with Crippen molar-refractivity contribution >= 4 is 31.9 Å². The highest BCUT2D eigenvalue weighted by molar-refractivity contribution is 9.10. The summed E-state index contributed by atoms with van der Waals surface area (Å²) in [7, 11) is -4.47. The average Bonchev–Trinajstić information content (AvgIpc) is 2.49. The Morgan fingerprint density at radius 2 is 1.96 bits per heavy atom. The molecule has 11 heteroatoms. The molecule has 1 aromatic carbocycles. The Balaban J connectivity index is 3.20. The van der Waals surface area contributed by atoms with Crippen LogP contribution < -0.4 is 9.46 Å². The standard InChI is InChI=1S/C15H19BrF3NO5S/c1-3-5-6-11(14(21)24-4-2)20-26(22,23)13-8-7-10(16)9-12(13)25-15(17,18)19/h7-9,11,20H,3-6H2,1-2H3. The summed E-state index contributed by atoms with van der Waals surface area (Å²) in [4.78, 5) is 11.2. The molecule has 0 aliphatic rings. The van der Waals surface area contributed by atoms with Gasteiger partial charge in [0.05, 0.1) is 6.61 Å². The van der Waals surface area contributed by atoms with Gasteiger partial charge in [-0.05, 0) is 31.5 Å². The van der Waals surface area contributed by atoms with Crippen molar-refractivity contribution in [1.29, 1.82) is 0 Å². The van der Waals surface area contributed by atoms with Crippen LogP contribution >= 0.6 is 15.9 Å². The molecule has 0 heterocycles. The third kappa shape index (κ3) is 7.12. The molecule has 0 fully saturated rings. The number of unbranched alkanes of at least 4 members (excludes halogenated alkanes) is 1. The largest absolute Gasteiger partial charge is 0.573 e. The van der Waals surface area contributed by atoms with Crippen molar-refractivity contribution in [2.24, 2.45) is 0 Å². The molecule has 1 unspecified atom stereocenters. The second-order valence-corrected chi connectivity index (χ2v) is 7.81. The van der Waals surface area contributed by atoms with Gasteiger partial charge in [-0.15, -0.1) is 13.2 Å². The van der Waals surface area contributed by atoms with Crippen LogP contribution in [0.3, 0.4) is 0 Å². The van der Waals surface area contributed by atoms with E-state index in [0.717, 1.165) is 12.1 Å². The van der Waals surface area contributed by atoms with E-state index >= 15 is 0 Å². The van der Waals surface area contributed by atoms with Crippen molar-refractivity contribution in [1.82, 2.24) is 4.72 Å². The number of benzene rings is 1. The number of nitrogens with one attached hydrogen (secondary N) is 1. The normalized spacial score (nSPS) is 13.3. The third-order valence-electron chi connectivity index (χ3n) is 3.14. The summed E-state index contributed by atoms with van der Waals surface area (Å²) in [6, 6.07) is 1.88. The predicted octanol–water partition coefficient (Wildman–Crippen LogP) is 3.75. The Labute approximate surface area is 158 Å². The van der Waals surface area contributed by atoms with E-state index in [-0.39, 0.29) is 17.5 Å². The van der Waals surface area contributed by atoms with Crippen LogP contribution in [0.15, 0.2) is 27.6 Å². The molecular weight excluding hydrogens is 443 g/mol. The van der Waals surface area contributed by atoms with Crippen LogP contribution in [0, 0.1) is 0 Å². The Kier molecular flexibility index (Phi) is 8.35. The van der Waals surface area contributed by atoms with Gasteiger partial charge in [0.1, 0.15) is 10.9 Å². The minimum Gasteiger partial charge on any atom is -0.465 e. The fourth-order valence-electron chi connectivity index (χ4n) is 2.04. The van der Waals surface area contributed by atoms with Gasteiger partial charge in [-0.25, -0.2) is 8.42 Å². The molecule has 0 aliphatic heterocycles.